The third-order valence-electron chi connectivity index (χ3n) is 2.70. The highest BCUT2D eigenvalue weighted by atomic mass is 16.1. The van der Waals surface area contributed by atoms with E-state index in [0.29, 0.717) is 17.2 Å². The van der Waals surface area contributed by atoms with E-state index < -0.39 is 0 Å². The number of hydrogen-bond acceptors (Lipinski definition) is 2. The molecule has 0 radical (unpaired) electrons. The molecule has 0 heterocycles. The predicted molar refractivity (Wildman–Crippen MR) is 75.0 cm³/mol. The molecule has 0 saturated carbocycles. The Morgan fingerprint density at radius 2 is 1.94 bits per heavy atom. The van der Waals surface area contributed by atoms with Crippen LogP contribution in [0.2, 0.25) is 0 Å². The molecule has 2 rings (SSSR count). The third kappa shape index (κ3) is 3.10. The highest BCUT2D eigenvalue weighted by molar-refractivity contribution is 6.06. The zero-order valence-corrected chi connectivity index (χ0v) is 10.3. The minimum Gasteiger partial charge on any atom is -0.399 e. The maximum Gasteiger partial charge on any atom is 0.255 e. The number of carbonyl (C=O) groups is 1. The van der Waals surface area contributed by atoms with Gasteiger partial charge in [0.1, 0.15) is 0 Å². The molecule has 0 spiro atoms. The minimum absolute atomic E-state index is 0.116. The third-order valence-corrected chi connectivity index (χ3v) is 2.70. The quantitative estimate of drug-likeness (QED) is 0.781. The fraction of sp³-hybridized carbons (Fsp3) is 0.133. The number of rotatable bonds is 2. The van der Waals surface area contributed by atoms with E-state index in [9.17, 15) is 4.79 Å². The van der Waals surface area contributed by atoms with Gasteiger partial charge in [0, 0.05) is 16.9 Å². The Bertz CT molecular complexity index is 524. The van der Waals surface area contributed by atoms with Crippen LogP contribution in [0.15, 0.2) is 60.2 Å². The van der Waals surface area contributed by atoms with Crippen molar-refractivity contribution in [1.82, 2.24) is 0 Å². The van der Waals surface area contributed by atoms with Gasteiger partial charge in [-0.25, -0.2) is 0 Å². The summed E-state index contributed by atoms with van der Waals surface area (Å²) in [5.74, 6) is 0.234. The average molecular weight is 240 g/mol. The van der Waals surface area contributed by atoms with Crippen LogP contribution in [0.25, 0.3) is 0 Å². The summed E-state index contributed by atoms with van der Waals surface area (Å²) in [6, 6.07) is 7.09. The lowest BCUT2D eigenvalue weighted by atomic mass is 10.1. The van der Waals surface area contributed by atoms with Crippen LogP contribution in [0.1, 0.15) is 6.92 Å². The van der Waals surface area contributed by atoms with Crippen LogP contribution in [0, 0.1) is 5.92 Å². The number of hydrogen-bond donors (Lipinski definition) is 2. The summed E-state index contributed by atoms with van der Waals surface area (Å²) in [5, 5.41) is 2.83. The van der Waals surface area contributed by atoms with Crippen molar-refractivity contribution < 1.29 is 4.79 Å². The molecule has 18 heavy (non-hydrogen) atoms. The van der Waals surface area contributed by atoms with Gasteiger partial charge in [-0.2, -0.15) is 0 Å². The molecule has 1 amide bonds. The molecule has 3 nitrogen and oxygen atoms in total. The second-order valence-electron chi connectivity index (χ2n) is 4.30. The lowest BCUT2D eigenvalue weighted by Gasteiger charge is -2.05. The highest BCUT2D eigenvalue weighted by Crippen LogP contribution is 2.14. The second kappa shape index (κ2) is 5.36. The van der Waals surface area contributed by atoms with Gasteiger partial charge < -0.3 is 11.1 Å². The second-order valence-corrected chi connectivity index (χ2v) is 4.30. The molecule has 1 unspecified atom stereocenters. The van der Waals surface area contributed by atoms with Gasteiger partial charge in [-0.15, -0.1) is 0 Å². The van der Waals surface area contributed by atoms with E-state index in [-0.39, 0.29) is 5.91 Å². The normalized spacial score (nSPS) is 18.1. The fourth-order valence-corrected chi connectivity index (χ4v) is 1.63. The van der Waals surface area contributed by atoms with Crippen LogP contribution in [0.3, 0.4) is 0 Å². The SMILES string of the molecule is CC1C=CC=C(C(=O)Nc2ccc(N)cc2)C=C1. The Hall–Kier alpha value is -2.29. The van der Waals surface area contributed by atoms with E-state index in [0.717, 1.165) is 5.69 Å². The molecule has 1 aliphatic rings. The topological polar surface area (TPSA) is 55.1 Å². The van der Waals surface area contributed by atoms with Crippen LogP contribution in [-0.2, 0) is 4.79 Å². The van der Waals surface area contributed by atoms with Crippen molar-refractivity contribution in [2.45, 2.75) is 6.92 Å². The molecule has 0 saturated heterocycles. The van der Waals surface area contributed by atoms with Crippen LogP contribution in [-0.4, -0.2) is 5.91 Å². The highest BCUT2D eigenvalue weighted by Gasteiger charge is 2.07. The molecule has 3 heteroatoms. The van der Waals surface area contributed by atoms with Crippen LogP contribution < -0.4 is 11.1 Å². The lowest BCUT2D eigenvalue weighted by molar-refractivity contribution is -0.112. The van der Waals surface area contributed by atoms with Gasteiger partial charge in [0.15, 0.2) is 0 Å². The largest absolute Gasteiger partial charge is 0.399 e. The number of amides is 1. The van der Waals surface area contributed by atoms with Crippen LogP contribution >= 0.6 is 0 Å². The van der Waals surface area contributed by atoms with Crippen molar-refractivity contribution in [3.63, 3.8) is 0 Å². The van der Waals surface area contributed by atoms with E-state index in [4.69, 9.17) is 5.73 Å². The number of carbonyl (C=O) groups excluding carboxylic acids is 1. The summed E-state index contributed by atoms with van der Waals surface area (Å²) in [7, 11) is 0. The van der Waals surface area contributed by atoms with Gasteiger partial charge in [0.2, 0.25) is 0 Å². The van der Waals surface area contributed by atoms with E-state index in [1.807, 2.05) is 30.4 Å². The smallest absolute Gasteiger partial charge is 0.255 e. The summed E-state index contributed by atoms with van der Waals surface area (Å²) < 4.78 is 0. The van der Waals surface area contributed by atoms with Crippen molar-refractivity contribution in [1.29, 1.82) is 0 Å². The van der Waals surface area contributed by atoms with E-state index in [1.165, 1.54) is 0 Å². The van der Waals surface area contributed by atoms with E-state index in [2.05, 4.69) is 12.2 Å². The Balaban J connectivity index is 2.08. The Labute approximate surface area is 107 Å². The number of benzene rings is 1. The lowest BCUT2D eigenvalue weighted by Crippen LogP contribution is -2.13. The molecule has 0 bridgehead atoms. The molecule has 92 valence electrons. The average Bonchev–Trinajstić information content (AvgIpc) is 2.57. The van der Waals surface area contributed by atoms with Crippen molar-refractivity contribution in [3.05, 3.63) is 60.2 Å². The van der Waals surface area contributed by atoms with Crippen LogP contribution in [0.4, 0.5) is 11.4 Å². The fourth-order valence-electron chi connectivity index (χ4n) is 1.63. The molecule has 0 fully saturated rings. The van der Waals surface area contributed by atoms with Crippen molar-refractivity contribution in [2.24, 2.45) is 5.92 Å². The molecular weight excluding hydrogens is 224 g/mol. The summed E-state index contributed by atoms with van der Waals surface area (Å²) in [6.07, 6.45) is 9.60. The predicted octanol–water partition coefficient (Wildman–Crippen LogP) is 2.90. The molecule has 3 N–H and O–H groups in total. The first kappa shape index (κ1) is 12.2. The standard InChI is InChI=1S/C15H16N2O/c1-11-3-2-4-12(6-5-11)15(18)17-14-9-7-13(16)8-10-14/h2-11H,16H2,1H3,(H,17,18). The first-order chi connectivity index (χ1) is 8.65. The van der Waals surface area contributed by atoms with Gasteiger partial charge in [-0.3, -0.25) is 4.79 Å². The zero-order valence-electron chi connectivity index (χ0n) is 10.3. The number of anilines is 2. The van der Waals surface area contributed by atoms with Crippen molar-refractivity contribution in [2.75, 3.05) is 11.1 Å². The summed E-state index contributed by atoms with van der Waals surface area (Å²) >= 11 is 0. The van der Waals surface area contributed by atoms with Gasteiger partial charge in [-0.05, 0) is 36.3 Å². The summed E-state index contributed by atoms with van der Waals surface area (Å²) in [5.41, 5.74) is 7.66. The van der Waals surface area contributed by atoms with Crippen molar-refractivity contribution >= 4 is 17.3 Å². The number of nitrogens with two attached hydrogens (primary N) is 1. The molecule has 0 aliphatic heterocycles. The van der Waals surface area contributed by atoms with Gasteiger partial charge in [0.25, 0.3) is 5.91 Å². The van der Waals surface area contributed by atoms with E-state index >= 15 is 0 Å². The van der Waals surface area contributed by atoms with Gasteiger partial charge in [-0.1, -0.05) is 31.2 Å². The summed E-state index contributed by atoms with van der Waals surface area (Å²) in [4.78, 5) is 12.0. The first-order valence-electron chi connectivity index (χ1n) is 5.89. The molecule has 1 aromatic rings. The zero-order chi connectivity index (χ0) is 13.0. The Kier molecular flexibility index (Phi) is 3.63. The van der Waals surface area contributed by atoms with Gasteiger partial charge >= 0.3 is 0 Å². The van der Waals surface area contributed by atoms with Gasteiger partial charge in [0.05, 0.1) is 0 Å². The first-order valence-corrected chi connectivity index (χ1v) is 5.89. The summed E-state index contributed by atoms with van der Waals surface area (Å²) in [6.45, 7) is 2.07. The molecular formula is C15H16N2O. The monoisotopic (exact) mass is 240 g/mol. The Morgan fingerprint density at radius 3 is 2.67 bits per heavy atom. The minimum atomic E-state index is -0.116. The number of nitrogens with one attached hydrogen (secondary N) is 1. The molecule has 1 aromatic carbocycles. The molecule has 1 atom stereocenters. The number of nitrogen functional groups attached to an aromatic ring is 1. The number of allylic oxidation sites excluding steroid dienone is 4. The Morgan fingerprint density at radius 1 is 1.22 bits per heavy atom. The molecule has 0 aromatic heterocycles. The maximum atomic E-state index is 12.0. The van der Waals surface area contributed by atoms with Crippen LogP contribution in [0.5, 0.6) is 0 Å². The maximum absolute atomic E-state index is 12.0. The van der Waals surface area contributed by atoms with Crippen molar-refractivity contribution in [3.8, 4) is 0 Å². The molecule has 1 aliphatic carbocycles. The van der Waals surface area contributed by atoms with E-state index in [1.54, 1.807) is 24.3 Å².